The van der Waals surface area contributed by atoms with Crippen molar-refractivity contribution in [1.29, 1.82) is 0 Å². The maximum Gasteiger partial charge on any atom is 0.164 e. The molecule has 3 heteroatoms. The smallest absolute Gasteiger partial charge is 0.164 e. The van der Waals surface area contributed by atoms with Gasteiger partial charge in [0, 0.05) is 12.0 Å². The van der Waals surface area contributed by atoms with Crippen molar-refractivity contribution in [1.82, 2.24) is 0 Å². The Kier molecular flexibility index (Phi) is 2.94. The predicted octanol–water partition coefficient (Wildman–Crippen LogP) is 1.36. The fourth-order valence-corrected chi connectivity index (χ4v) is 0.937. The van der Waals surface area contributed by atoms with Crippen molar-refractivity contribution in [3.63, 3.8) is 0 Å². The van der Waals surface area contributed by atoms with Crippen LogP contribution < -0.4 is 5.73 Å². The third-order valence-electron chi connectivity index (χ3n) is 1.52. The highest BCUT2D eigenvalue weighted by Crippen LogP contribution is 2.05. The quantitative estimate of drug-likeness (QED) is 0.690. The molecule has 0 atom stereocenters. The van der Waals surface area contributed by atoms with Gasteiger partial charge in [0.15, 0.2) is 5.78 Å². The molecule has 64 valence electrons. The van der Waals surface area contributed by atoms with Crippen LogP contribution in [-0.4, -0.2) is 12.3 Å². The number of rotatable bonds is 3. The first kappa shape index (κ1) is 8.87. The lowest BCUT2D eigenvalue weighted by atomic mass is 10.1. The molecule has 2 nitrogen and oxygen atoms in total. The Morgan fingerprint density at radius 2 is 2.25 bits per heavy atom. The van der Waals surface area contributed by atoms with Crippen molar-refractivity contribution in [3.8, 4) is 0 Å². The molecule has 2 N–H and O–H groups in total. The third kappa shape index (κ3) is 2.13. The van der Waals surface area contributed by atoms with Crippen LogP contribution in [0.3, 0.4) is 0 Å². The summed E-state index contributed by atoms with van der Waals surface area (Å²) in [5.41, 5.74) is 5.58. The number of nitrogens with two attached hydrogens (primary N) is 1. The van der Waals surface area contributed by atoms with E-state index in [1.54, 1.807) is 6.07 Å². The molecule has 0 aliphatic carbocycles. The molecule has 0 aliphatic rings. The lowest BCUT2D eigenvalue weighted by Crippen LogP contribution is -2.08. The molecule has 0 saturated heterocycles. The van der Waals surface area contributed by atoms with Gasteiger partial charge in [-0.2, -0.15) is 0 Å². The minimum atomic E-state index is -0.391. The molecule has 0 heterocycles. The topological polar surface area (TPSA) is 43.1 Å². The molecule has 0 aliphatic heterocycles. The van der Waals surface area contributed by atoms with E-state index in [0.717, 1.165) is 0 Å². The Balaban J connectivity index is 2.81. The van der Waals surface area contributed by atoms with E-state index in [9.17, 15) is 9.18 Å². The number of Topliss-reactive ketones (excluding diaryl/α,β-unsaturated/α-hetero) is 1. The van der Waals surface area contributed by atoms with Crippen LogP contribution in [0.5, 0.6) is 0 Å². The van der Waals surface area contributed by atoms with Crippen molar-refractivity contribution >= 4 is 5.78 Å². The zero-order chi connectivity index (χ0) is 8.97. The first-order valence-electron chi connectivity index (χ1n) is 3.73. The molecule has 1 rings (SSSR count). The Morgan fingerprint density at radius 1 is 1.50 bits per heavy atom. The first-order valence-corrected chi connectivity index (χ1v) is 3.73. The molecule has 0 amide bonds. The minimum absolute atomic E-state index is 0.114. The number of halogens is 1. The lowest BCUT2D eigenvalue weighted by Gasteiger charge is -1.97. The summed E-state index contributed by atoms with van der Waals surface area (Å²) in [5, 5.41) is 0. The average Bonchev–Trinajstić information content (AvgIpc) is 2.05. The van der Waals surface area contributed by atoms with Crippen molar-refractivity contribution in [2.75, 3.05) is 6.54 Å². The van der Waals surface area contributed by atoms with Gasteiger partial charge >= 0.3 is 0 Å². The van der Waals surface area contributed by atoms with Crippen molar-refractivity contribution < 1.29 is 9.18 Å². The van der Waals surface area contributed by atoms with Crippen molar-refractivity contribution in [2.24, 2.45) is 5.73 Å². The van der Waals surface area contributed by atoms with E-state index in [1.165, 1.54) is 18.2 Å². The van der Waals surface area contributed by atoms with Crippen LogP contribution in [0.4, 0.5) is 4.39 Å². The van der Waals surface area contributed by atoms with E-state index < -0.39 is 5.82 Å². The van der Waals surface area contributed by atoms with E-state index >= 15 is 0 Å². The molecule has 0 spiro atoms. The summed E-state index contributed by atoms with van der Waals surface area (Å²) in [6.07, 6.45) is 0.267. The number of carbonyl (C=O) groups is 1. The molecule has 0 aromatic heterocycles. The van der Waals surface area contributed by atoms with E-state index in [0.29, 0.717) is 12.1 Å². The van der Waals surface area contributed by atoms with Gasteiger partial charge in [0.25, 0.3) is 0 Å². The van der Waals surface area contributed by atoms with Crippen LogP contribution in [0.1, 0.15) is 16.8 Å². The molecular weight excluding hydrogens is 157 g/mol. The van der Waals surface area contributed by atoms with Crippen LogP contribution in [0.2, 0.25) is 0 Å². The second-order valence-corrected chi connectivity index (χ2v) is 2.47. The number of benzene rings is 1. The molecule has 0 radical (unpaired) electrons. The van der Waals surface area contributed by atoms with E-state index in [4.69, 9.17) is 5.73 Å². The number of hydrogen-bond donors (Lipinski definition) is 1. The second kappa shape index (κ2) is 3.97. The van der Waals surface area contributed by atoms with Crippen LogP contribution >= 0.6 is 0 Å². The largest absolute Gasteiger partial charge is 0.330 e. The third-order valence-corrected chi connectivity index (χ3v) is 1.52. The van der Waals surface area contributed by atoms with Crippen molar-refractivity contribution in [2.45, 2.75) is 6.42 Å². The highest BCUT2D eigenvalue weighted by Gasteiger charge is 2.04. The molecule has 0 bridgehead atoms. The van der Waals surface area contributed by atoms with Crippen LogP contribution in [-0.2, 0) is 0 Å². The normalized spacial score (nSPS) is 9.83. The Labute approximate surface area is 70.2 Å². The number of ketones is 1. The SMILES string of the molecule is NCCC(=O)c1cccc(F)c1. The molecule has 1 aromatic carbocycles. The summed E-state index contributed by atoms with van der Waals surface area (Å²) >= 11 is 0. The lowest BCUT2D eigenvalue weighted by molar-refractivity contribution is 0.0985. The summed E-state index contributed by atoms with van der Waals surface area (Å²) in [5.74, 6) is -0.505. The van der Waals surface area contributed by atoms with Gasteiger partial charge in [-0.1, -0.05) is 12.1 Å². The highest BCUT2D eigenvalue weighted by atomic mass is 19.1. The second-order valence-electron chi connectivity index (χ2n) is 2.47. The zero-order valence-corrected chi connectivity index (χ0v) is 6.59. The molecule has 0 unspecified atom stereocenters. The summed E-state index contributed by atoms with van der Waals surface area (Å²) in [6.45, 7) is 0.301. The Bertz CT molecular complexity index is 286. The molecule has 0 fully saturated rings. The zero-order valence-electron chi connectivity index (χ0n) is 6.59. The van der Waals surface area contributed by atoms with Gasteiger partial charge in [0.1, 0.15) is 5.82 Å². The summed E-state index contributed by atoms with van der Waals surface area (Å²) in [6, 6.07) is 5.62. The maximum atomic E-state index is 12.6. The molecular formula is C9H10FNO. The fourth-order valence-electron chi connectivity index (χ4n) is 0.937. The van der Waals surface area contributed by atoms with Crippen molar-refractivity contribution in [3.05, 3.63) is 35.6 Å². The molecule has 12 heavy (non-hydrogen) atoms. The number of hydrogen-bond acceptors (Lipinski definition) is 2. The van der Waals surface area contributed by atoms with Gasteiger partial charge in [-0.3, -0.25) is 4.79 Å². The Morgan fingerprint density at radius 3 is 2.83 bits per heavy atom. The van der Waals surface area contributed by atoms with Gasteiger partial charge < -0.3 is 5.73 Å². The summed E-state index contributed by atoms with van der Waals surface area (Å²) in [4.78, 5) is 11.2. The predicted molar refractivity (Wildman–Crippen MR) is 44.4 cm³/mol. The fraction of sp³-hybridized carbons (Fsp3) is 0.222. The van der Waals surface area contributed by atoms with Crippen LogP contribution in [0.25, 0.3) is 0 Å². The van der Waals surface area contributed by atoms with Gasteiger partial charge in [0.05, 0.1) is 0 Å². The standard InChI is InChI=1S/C9H10FNO/c10-8-3-1-2-7(6-8)9(12)4-5-11/h1-3,6H,4-5,11H2. The molecule has 0 saturated carbocycles. The van der Waals surface area contributed by atoms with E-state index in [2.05, 4.69) is 0 Å². The van der Waals surface area contributed by atoms with Crippen LogP contribution in [0, 0.1) is 5.82 Å². The Hall–Kier alpha value is -1.22. The maximum absolute atomic E-state index is 12.6. The molecule has 1 aromatic rings. The number of carbonyl (C=O) groups excluding carboxylic acids is 1. The summed E-state index contributed by atoms with van der Waals surface area (Å²) in [7, 11) is 0. The monoisotopic (exact) mass is 167 g/mol. The van der Waals surface area contributed by atoms with E-state index in [1.807, 2.05) is 0 Å². The van der Waals surface area contributed by atoms with E-state index in [-0.39, 0.29) is 12.2 Å². The highest BCUT2D eigenvalue weighted by molar-refractivity contribution is 5.96. The van der Waals surface area contributed by atoms with Gasteiger partial charge in [0.2, 0.25) is 0 Å². The summed E-state index contributed by atoms with van der Waals surface area (Å²) < 4.78 is 12.6. The van der Waals surface area contributed by atoms with Gasteiger partial charge in [-0.25, -0.2) is 4.39 Å². The average molecular weight is 167 g/mol. The van der Waals surface area contributed by atoms with Gasteiger partial charge in [-0.15, -0.1) is 0 Å². The van der Waals surface area contributed by atoms with Gasteiger partial charge in [-0.05, 0) is 18.7 Å². The minimum Gasteiger partial charge on any atom is -0.330 e. The first-order chi connectivity index (χ1) is 5.74. The van der Waals surface area contributed by atoms with Crippen LogP contribution in [0.15, 0.2) is 24.3 Å².